The van der Waals surface area contributed by atoms with Crippen molar-refractivity contribution in [3.63, 3.8) is 0 Å². The minimum absolute atomic E-state index is 0.236. The fourth-order valence-corrected chi connectivity index (χ4v) is 2.65. The number of aromatic amines is 1. The number of nitrogens with zero attached hydrogens (tertiary/aromatic N) is 3. The normalized spacial score (nSPS) is 15.5. The number of rotatable bonds is 2. The van der Waals surface area contributed by atoms with Crippen LogP contribution in [0.5, 0.6) is 0 Å². The summed E-state index contributed by atoms with van der Waals surface area (Å²) in [5, 5.41) is 0. The van der Waals surface area contributed by atoms with E-state index in [2.05, 4.69) is 9.97 Å². The lowest BCUT2D eigenvalue weighted by molar-refractivity contribution is -0.145. The number of pyridine rings is 1. The number of hydrogen-bond donors (Lipinski definition) is 1. The Hall–Kier alpha value is -2.22. The quantitative estimate of drug-likeness (QED) is 0.918. The van der Waals surface area contributed by atoms with Crippen LogP contribution in [0, 0.1) is 6.92 Å². The van der Waals surface area contributed by atoms with Crippen LogP contribution in [0.2, 0.25) is 0 Å². The summed E-state index contributed by atoms with van der Waals surface area (Å²) in [6.07, 6.45) is -0.850. The zero-order valence-corrected chi connectivity index (χ0v) is 12.4. The molecule has 0 aliphatic carbocycles. The largest absolute Gasteiger partial charge is 0.449 e. The molecule has 2 aromatic heterocycles. The smallest absolute Gasteiger partial charge is 0.303 e. The Morgan fingerprint density at radius 2 is 2.17 bits per heavy atom. The van der Waals surface area contributed by atoms with Gasteiger partial charge in [-0.1, -0.05) is 0 Å². The molecule has 0 atom stereocenters. The highest BCUT2D eigenvalue weighted by Crippen LogP contribution is 2.26. The van der Waals surface area contributed by atoms with Crippen LogP contribution in [0.3, 0.4) is 0 Å². The highest BCUT2D eigenvalue weighted by molar-refractivity contribution is 5.24. The number of H-pyrrole nitrogens is 1. The number of nitrogens with one attached hydrogen (secondary N) is 1. The SMILES string of the molecule is Cc1ccncc1CN1CCc2nc(C(F)(F)F)[nH]c(=O)c2C1. The lowest BCUT2D eigenvalue weighted by Crippen LogP contribution is -2.36. The van der Waals surface area contributed by atoms with E-state index in [-0.39, 0.29) is 12.2 Å². The molecule has 0 fully saturated rings. The topological polar surface area (TPSA) is 61.9 Å². The van der Waals surface area contributed by atoms with E-state index in [1.165, 1.54) is 0 Å². The molecule has 0 saturated heterocycles. The second-order valence-electron chi connectivity index (χ2n) is 5.60. The van der Waals surface area contributed by atoms with E-state index in [1.54, 1.807) is 12.4 Å². The molecule has 3 rings (SSSR count). The van der Waals surface area contributed by atoms with Crippen LogP contribution in [-0.4, -0.2) is 26.4 Å². The Morgan fingerprint density at radius 3 is 2.87 bits per heavy atom. The highest BCUT2D eigenvalue weighted by Gasteiger charge is 2.35. The van der Waals surface area contributed by atoms with E-state index < -0.39 is 17.6 Å². The fraction of sp³-hybridized carbons (Fsp3) is 0.400. The first kappa shape index (κ1) is 15.7. The Labute approximate surface area is 130 Å². The summed E-state index contributed by atoms with van der Waals surface area (Å²) < 4.78 is 38.1. The monoisotopic (exact) mass is 324 g/mol. The predicted molar refractivity (Wildman–Crippen MR) is 76.7 cm³/mol. The number of halogens is 3. The average Bonchev–Trinajstić information content (AvgIpc) is 2.49. The molecular formula is C15H15F3N4O. The Bertz CT molecular complexity index is 785. The zero-order valence-electron chi connectivity index (χ0n) is 12.4. The average molecular weight is 324 g/mol. The maximum atomic E-state index is 12.7. The number of aryl methyl sites for hydroxylation is 1. The van der Waals surface area contributed by atoms with Crippen molar-refractivity contribution < 1.29 is 13.2 Å². The van der Waals surface area contributed by atoms with Crippen LogP contribution in [0.1, 0.15) is 28.2 Å². The third-order valence-electron chi connectivity index (χ3n) is 3.96. The summed E-state index contributed by atoms with van der Waals surface area (Å²) in [5.41, 5.74) is 1.96. The van der Waals surface area contributed by atoms with E-state index >= 15 is 0 Å². The number of alkyl halides is 3. The van der Waals surface area contributed by atoms with Crippen LogP contribution in [0.25, 0.3) is 0 Å². The summed E-state index contributed by atoms with van der Waals surface area (Å²) in [6, 6.07) is 1.90. The van der Waals surface area contributed by atoms with Gasteiger partial charge in [0.25, 0.3) is 5.56 Å². The molecule has 8 heteroatoms. The minimum Gasteiger partial charge on any atom is -0.303 e. The van der Waals surface area contributed by atoms with Crippen molar-refractivity contribution in [3.05, 3.63) is 57.0 Å². The van der Waals surface area contributed by atoms with Gasteiger partial charge in [0.2, 0.25) is 5.82 Å². The van der Waals surface area contributed by atoms with Gasteiger partial charge in [-0.2, -0.15) is 13.2 Å². The van der Waals surface area contributed by atoms with Gasteiger partial charge in [0.05, 0.1) is 11.3 Å². The molecule has 2 aromatic rings. The van der Waals surface area contributed by atoms with E-state index in [0.29, 0.717) is 25.1 Å². The van der Waals surface area contributed by atoms with Crippen molar-refractivity contribution in [1.29, 1.82) is 0 Å². The summed E-state index contributed by atoms with van der Waals surface area (Å²) in [7, 11) is 0. The zero-order chi connectivity index (χ0) is 16.6. The van der Waals surface area contributed by atoms with Gasteiger partial charge in [0.1, 0.15) is 0 Å². The van der Waals surface area contributed by atoms with Crippen molar-refractivity contribution in [3.8, 4) is 0 Å². The van der Waals surface area contributed by atoms with E-state index in [0.717, 1.165) is 11.1 Å². The Kier molecular flexibility index (Phi) is 3.93. The molecule has 1 N–H and O–H groups in total. The second-order valence-corrected chi connectivity index (χ2v) is 5.60. The lowest BCUT2D eigenvalue weighted by Gasteiger charge is -2.28. The van der Waals surface area contributed by atoms with Crippen molar-refractivity contribution in [2.24, 2.45) is 0 Å². The summed E-state index contributed by atoms with van der Waals surface area (Å²) in [4.78, 5) is 23.5. The number of fused-ring (bicyclic) bond motifs is 1. The summed E-state index contributed by atoms with van der Waals surface area (Å²) in [5.74, 6) is -1.22. The van der Waals surface area contributed by atoms with Crippen LogP contribution in [-0.2, 0) is 25.7 Å². The first-order valence-corrected chi connectivity index (χ1v) is 7.15. The van der Waals surface area contributed by atoms with Crippen molar-refractivity contribution in [2.75, 3.05) is 6.54 Å². The third-order valence-corrected chi connectivity index (χ3v) is 3.96. The third kappa shape index (κ3) is 3.26. The number of aromatic nitrogens is 3. The molecule has 0 amide bonds. The Morgan fingerprint density at radius 1 is 1.39 bits per heavy atom. The maximum Gasteiger partial charge on any atom is 0.449 e. The standard InChI is InChI=1S/C15H15F3N4O/c1-9-2-4-19-6-10(9)7-22-5-3-12-11(8-22)13(23)21-14(20-12)15(16,17)18/h2,4,6H,3,5,7-8H2,1H3,(H,20,21,23). The van der Waals surface area contributed by atoms with Crippen LogP contribution in [0.15, 0.2) is 23.3 Å². The Balaban J connectivity index is 1.84. The molecular weight excluding hydrogens is 309 g/mol. The first-order chi connectivity index (χ1) is 10.8. The van der Waals surface area contributed by atoms with Gasteiger partial charge >= 0.3 is 6.18 Å². The van der Waals surface area contributed by atoms with Crippen molar-refractivity contribution in [2.45, 2.75) is 32.6 Å². The molecule has 0 spiro atoms. The highest BCUT2D eigenvalue weighted by atomic mass is 19.4. The van der Waals surface area contributed by atoms with Gasteiger partial charge < -0.3 is 4.98 Å². The lowest BCUT2D eigenvalue weighted by atomic mass is 10.1. The first-order valence-electron chi connectivity index (χ1n) is 7.15. The molecule has 0 saturated carbocycles. The van der Waals surface area contributed by atoms with Gasteiger partial charge in [-0.25, -0.2) is 4.98 Å². The van der Waals surface area contributed by atoms with Crippen molar-refractivity contribution in [1.82, 2.24) is 19.9 Å². The molecule has 1 aliphatic heterocycles. The fourth-order valence-electron chi connectivity index (χ4n) is 2.65. The number of hydrogen-bond acceptors (Lipinski definition) is 4. The molecule has 0 radical (unpaired) electrons. The summed E-state index contributed by atoms with van der Waals surface area (Å²) in [6.45, 7) is 3.40. The molecule has 122 valence electrons. The summed E-state index contributed by atoms with van der Waals surface area (Å²) >= 11 is 0. The molecule has 0 unspecified atom stereocenters. The molecule has 5 nitrogen and oxygen atoms in total. The van der Waals surface area contributed by atoms with E-state index in [9.17, 15) is 18.0 Å². The molecule has 0 bridgehead atoms. The molecule has 0 aromatic carbocycles. The van der Waals surface area contributed by atoms with Crippen LogP contribution in [0.4, 0.5) is 13.2 Å². The van der Waals surface area contributed by atoms with E-state index in [4.69, 9.17) is 0 Å². The predicted octanol–water partition coefficient (Wildman–Crippen LogP) is 2.05. The molecule has 23 heavy (non-hydrogen) atoms. The van der Waals surface area contributed by atoms with Gasteiger partial charge in [-0.05, 0) is 24.1 Å². The van der Waals surface area contributed by atoms with Crippen molar-refractivity contribution >= 4 is 0 Å². The minimum atomic E-state index is -4.64. The van der Waals surface area contributed by atoms with Gasteiger partial charge in [-0.15, -0.1) is 0 Å². The molecule has 3 heterocycles. The maximum absolute atomic E-state index is 12.7. The van der Waals surface area contributed by atoms with Gasteiger partial charge in [0, 0.05) is 38.4 Å². The van der Waals surface area contributed by atoms with Gasteiger partial charge in [-0.3, -0.25) is 14.7 Å². The molecule has 1 aliphatic rings. The second kappa shape index (κ2) is 5.77. The van der Waals surface area contributed by atoms with Gasteiger partial charge in [0.15, 0.2) is 0 Å². The van der Waals surface area contributed by atoms with E-state index in [1.807, 2.05) is 22.9 Å². The van der Waals surface area contributed by atoms with Crippen LogP contribution >= 0.6 is 0 Å². The van der Waals surface area contributed by atoms with Crippen LogP contribution < -0.4 is 5.56 Å².